The van der Waals surface area contributed by atoms with Crippen LogP contribution in [0.1, 0.15) is 25.3 Å². The molecule has 3 rings (SSSR count). The molecule has 0 spiro atoms. The van der Waals surface area contributed by atoms with Gasteiger partial charge in [-0.15, -0.1) is 0 Å². The SMILES string of the molecule is C[C@H](NC(=O)COc1ccc(OCc2ccccc2)cc1)C1CC1. The Morgan fingerprint density at radius 1 is 1.04 bits per heavy atom. The number of benzene rings is 2. The molecule has 0 saturated heterocycles. The summed E-state index contributed by atoms with van der Waals surface area (Å²) in [6.45, 7) is 2.62. The molecule has 2 aromatic rings. The average Bonchev–Trinajstić information content (AvgIpc) is 3.45. The first kappa shape index (κ1) is 16.4. The second-order valence-corrected chi connectivity index (χ2v) is 6.23. The van der Waals surface area contributed by atoms with Crippen molar-refractivity contribution >= 4 is 5.91 Å². The van der Waals surface area contributed by atoms with Crippen LogP contribution in [0.4, 0.5) is 0 Å². The second kappa shape index (κ2) is 7.86. The lowest BCUT2D eigenvalue weighted by atomic mass is 10.2. The Morgan fingerprint density at radius 2 is 1.67 bits per heavy atom. The smallest absolute Gasteiger partial charge is 0.258 e. The lowest BCUT2D eigenvalue weighted by Crippen LogP contribution is -2.37. The molecule has 1 atom stereocenters. The van der Waals surface area contributed by atoms with Crippen LogP contribution in [0.2, 0.25) is 0 Å². The number of rotatable bonds is 8. The van der Waals surface area contributed by atoms with Crippen molar-refractivity contribution < 1.29 is 14.3 Å². The van der Waals surface area contributed by atoms with Gasteiger partial charge in [0.25, 0.3) is 5.91 Å². The van der Waals surface area contributed by atoms with Crippen LogP contribution in [0, 0.1) is 5.92 Å². The molecular weight excluding hydrogens is 302 g/mol. The summed E-state index contributed by atoms with van der Waals surface area (Å²) in [5.41, 5.74) is 1.12. The van der Waals surface area contributed by atoms with Crippen LogP contribution in [0.15, 0.2) is 54.6 Å². The topological polar surface area (TPSA) is 47.6 Å². The fraction of sp³-hybridized carbons (Fsp3) is 0.350. The third-order valence-electron chi connectivity index (χ3n) is 4.16. The summed E-state index contributed by atoms with van der Waals surface area (Å²) in [5, 5.41) is 2.97. The first-order chi connectivity index (χ1) is 11.7. The van der Waals surface area contributed by atoms with Crippen LogP contribution >= 0.6 is 0 Å². The van der Waals surface area contributed by atoms with Crippen molar-refractivity contribution in [2.45, 2.75) is 32.4 Å². The van der Waals surface area contributed by atoms with Gasteiger partial charge in [0, 0.05) is 6.04 Å². The van der Waals surface area contributed by atoms with Gasteiger partial charge in [-0.3, -0.25) is 4.79 Å². The molecular formula is C20H23NO3. The number of nitrogens with one attached hydrogen (secondary N) is 1. The molecule has 1 fully saturated rings. The third-order valence-corrected chi connectivity index (χ3v) is 4.16. The standard InChI is InChI=1S/C20H23NO3/c1-15(17-7-8-17)21-20(22)14-24-19-11-9-18(10-12-19)23-13-16-5-3-2-4-6-16/h2-6,9-12,15,17H,7-8,13-14H2,1H3,(H,21,22)/t15-/m0/s1. The molecule has 1 aliphatic rings. The van der Waals surface area contributed by atoms with Crippen molar-refractivity contribution in [2.75, 3.05) is 6.61 Å². The van der Waals surface area contributed by atoms with E-state index < -0.39 is 0 Å². The monoisotopic (exact) mass is 325 g/mol. The molecule has 126 valence electrons. The Balaban J connectivity index is 1.41. The fourth-order valence-electron chi connectivity index (χ4n) is 2.53. The van der Waals surface area contributed by atoms with Crippen LogP contribution in [-0.4, -0.2) is 18.6 Å². The molecule has 0 radical (unpaired) electrons. The highest BCUT2D eigenvalue weighted by Gasteiger charge is 2.28. The van der Waals surface area contributed by atoms with Gasteiger partial charge in [0.2, 0.25) is 0 Å². The average molecular weight is 325 g/mol. The van der Waals surface area contributed by atoms with Crippen LogP contribution in [0.5, 0.6) is 11.5 Å². The van der Waals surface area contributed by atoms with Gasteiger partial charge in [0.05, 0.1) is 0 Å². The van der Waals surface area contributed by atoms with Gasteiger partial charge in [0.1, 0.15) is 18.1 Å². The Kier molecular flexibility index (Phi) is 5.36. The maximum absolute atomic E-state index is 11.8. The highest BCUT2D eigenvalue weighted by molar-refractivity contribution is 5.77. The highest BCUT2D eigenvalue weighted by Crippen LogP contribution is 2.32. The first-order valence-corrected chi connectivity index (χ1v) is 8.39. The van der Waals surface area contributed by atoms with Gasteiger partial charge in [0.15, 0.2) is 6.61 Å². The molecule has 0 heterocycles. The zero-order valence-electron chi connectivity index (χ0n) is 13.9. The van der Waals surface area contributed by atoms with Crippen molar-refractivity contribution in [3.63, 3.8) is 0 Å². The molecule has 4 heteroatoms. The van der Waals surface area contributed by atoms with E-state index in [0.29, 0.717) is 18.3 Å². The number of amides is 1. The van der Waals surface area contributed by atoms with Crippen LogP contribution in [0.25, 0.3) is 0 Å². The van der Waals surface area contributed by atoms with E-state index in [2.05, 4.69) is 12.2 Å². The van der Waals surface area contributed by atoms with Gasteiger partial charge in [-0.2, -0.15) is 0 Å². The third kappa shape index (κ3) is 5.01. The zero-order chi connectivity index (χ0) is 16.8. The van der Waals surface area contributed by atoms with E-state index >= 15 is 0 Å². The summed E-state index contributed by atoms with van der Waals surface area (Å²) in [5.74, 6) is 2.02. The Bertz CT molecular complexity index is 650. The largest absolute Gasteiger partial charge is 0.489 e. The Hall–Kier alpha value is -2.49. The Morgan fingerprint density at radius 3 is 2.29 bits per heavy atom. The number of hydrogen-bond donors (Lipinski definition) is 1. The summed E-state index contributed by atoms with van der Waals surface area (Å²) >= 11 is 0. The molecule has 24 heavy (non-hydrogen) atoms. The van der Waals surface area contributed by atoms with Crippen molar-refractivity contribution in [1.82, 2.24) is 5.32 Å². The molecule has 0 aliphatic heterocycles. The van der Waals surface area contributed by atoms with Gasteiger partial charge >= 0.3 is 0 Å². The van der Waals surface area contributed by atoms with E-state index in [9.17, 15) is 4.79 Å². The molecule has 1 aliphatic carbocycles. The molecule has 4 nitrogen and oxygen atoms in total. The molecule has 1 N–H and O–H groups in total. The van der Waals surface area contributed by atoms with Crippen LogP contribution in [-0.2, 0) is 11.4 Å². The van der Waals surface area contributed by atoms with Crippen LogP contribution < -0.4 is 14.8 Å². The molecule has 1 saturated carbocycles. The number of carbonyl (C=O) groups excluding carboxylic acids is 1. The van der Waals surface area contributed by atoms with E-state index in [1.54, 1.807) is 0 Å². The van der Waals surface area contributed by atoms with Crippen LogP contribution in [0.3, 0.4) is 0 Å². The molecule has 0 aromatic heterocycles. The maximum atomic E-state index is 11.8. The van der Waals surface area contributed by atoms with Gasteiger partial charge < -0.3 is 14.8 Å². The second-order valence-electron chi connectivity index (χ2n) is 6.23. The summed E-state index contributed by atoms with van der Waals surface area (Å²) < 4.78 is 11.2. The summed E-state index contributed by atoms with van der Waals surface area (Å²) in [4.78, 5) is 11.8. The van der Waals surface area contributed by atoms with Gasteiger partial charge in [-0.1, -0.05) is 30.3 Å². The summed E-state index contributed by atoms with van der Waals surface area (Å²) in [7, 11) is 0. The summed E-state index contributed by atoms with van der Waals surface area (Å²) in [6, 6.07) is 17.6. The maximum Gasteiger partial charge on any atom is 0.258 e. The molecule has 2 aromatic carbocycles. The quantitative estimate of drug-likeness (QED) is 0.807. The molecule has 0 unspecified atom stereocenters. The number of ether oxygens (including phenoxy) is 2. The highest BCUT2D eigenvalue weighted by atomic mass is 16.5. The lowest BCUT2D eigenvalue weighted by Gasteiger charge is -2.13. The van der Waals surface area contributed by atoms with Gasteiger partial charge in [-0.05, 0) is 55.5 Å². The fourth-order valence-corrected chi connectivity index (χ4v) is 2.53. The van der Waals surface area contributed by atoms with E-state index in [1.807, 2.05) is 54.6 Å². The summed E-state index contributed by atoms with van der Waals surface area (Å²) in [6.07, 6.45) is 2.43. The minimum atomic E-state index is -0.0706. The Labute approximate surface area is 142 Å². The van der Waals surface area contributed by atoms with Crippen molar-refractivity contribution in [3.8, 4) is 11.5 Å². The van der Waals surface area contributed by atoms with E-state index in [1.165, 1.54) is 12.8 Å². The molecule has 0 bridgehead atoms. The van der Waals surface area contributed by atoms with Crippen molar-refractivity contribution in [2.24, 2.45) is 5.92 Å². The molecule has 1 amide bonds. The minimum Gasteiger partial charge on any atom is -0.489 e. The normalized spacial score (nSPS) is 14.7. The number of hydrogen-bond acceptors (Lipinski definition) is 3. The predicted octanol–water partition coefficient (Wildman–Crippen LogP) is 3.56. The zero-order valence-corrected chi connectivity index (χ0v) is 13.9. The van der Waals surface area contributed by atoms with E-state index in [0.717, 1.165) is 11.3 Å². The van der Waals surface area contributed by atoms with Crippen molar-refractivity contribution in [1.29, 1.82) is 0 Å². The van der Waals surface area contributed by atoms with Gasteiger partial charge in [-0.25, -0.2) is 0 Å². The first-order valence-electron chi connectivity index (χ1n) is 8.39. The van der Waals surface area contributed by atoms with Crippen molar-refractivity contribution in [3.05, 3.63) is 60.2 Å². The lowest BCUT2D eigenvalue weighted by molar-refractivity contribution is -0.123. The number of carbonyl (C=O) groups is 1. The van der Waals surface area contributed by atoms with E-state index in [-0.39, 0.29) is 18.6 Å². The van der Waals surface area contributed by atoms with E-state index in [4.69, 9.17) is 9.47 Å². The predicted molar refractivity (Wildman–Crippen MR) is 93.0 cm³/mol. The minimum absolute atomic E-state index is 0.0429.